The van der Waals surface area contributed by atoms with E-state index in [9.17, 15) is 4.79 Å². The summed E-state index contributed by atoms with van der Waals surface area (Å²) in [7, 11) is 3.79. The van der Waals surface area contributed by atoms with Crippen molar-refractivity contribution in [3.05, 3.63) is 23.0 Å². The van der Waals surface area contributed by atoms with Crippen molar-refractivity contribution >= 4 is 5.91 Å². The Balaban J connectivity index is 2.58. The fourth-order valence-electron chi connectivity index (χ4n) is 1.53. The van der Waals surface area contributed by atoms with Gasteiger partial charge in [0, 0.05) is 25.0 Å². The first-order chi connectivity index (χ1) is 7.06. The third-order valence-corrected chi connectivity index (χ3v) is 2.69. The number of hydrogen-bond acceptors (Lipinski definition) is 2. The van der Waals surface area contributed by atoms with E-state index in [0.717, 1.165) is 0 Å². The molecule has 0 aromatic carbocycles. The number of likely N-dealkylation sites (N-methyl/N-ethyl adjacent to an activating group) is 1. The van der Waals surface area contributed by atoms with Crippen LogP contribution in [-0.4, -0.2) is 24.1 Å². The summed E-state index contributed by atoms with van der Waals surface area (Å²) < 4.78 is 2.12. The zero-order valence-corrected chi connectivity index (χ0v) is 9.85. The zero-order valence-electron chi connectivity index (χ0n) is 9.85. The summed E-state index contributed by atoms with van der Waals surface area (Å²) in [4.78, 5) is 11.2. The molecule has 0 bridgehead atoms. The molecule has 0 saturated heterocycles. The molecule has 4 heteroatoms. The van der Waals surface area contributed by atoms with Crippen LogP contribution >= 0.6 is 0 Å². The van der Waals surface area contributed by atoms with Gasteiger partial charge in [0.25, 0.3) is 0 Å². The molecule has 2 N–H and O–H groups in total. The minimum absolute atomic E-state index is 0.0263. The van der Waals surface area contributed by atoms with Gasteiger partial charge in [-0.25, -0.2) is 0 Å². The summed E-state index contributed by atoms with van der Waals surface area (Å²) >= 11 is 0. The first-order valence-electron chi connectivity index (χ1n) is 5.09. The summed E-state index contributed by atoms with van der Waals surface area (Å²) in [5, 5.41) is 5.68. The smallest absolute Gasteiger partial charge is 0.234 e. The number of rotatable bonds is 4. The van der Waals surface area contributed by atoms with Gasteiger partial charge in [-0.05, 0) is 32.5 Å². The van der Waals surface area contributed by atoms with Crippen LogP contribution in [0.25, 0.3) is 0 Å². The molecule has 84 valence electrons. The van der Waals surface area contributed by atoms with E-state index in [-0.39, 0.29) is 5.91 Å². The summed E-state index contributed by atoms with van der Waals surface area (Å²) in [5.41, 5.74) is 3.60. The average Bonchev–Trinajstić information content (AvgIpc) is 2.43. The van der Waals surface area contributed by atoms with E-state index in [1.165, 1.54) is 17.0 Å². The minimum Gasteiger partial charge on any atom is -0.352 e. The molecule has 0 aliphatic rings. The molecule has 1 aromatic rings. The van der Waals surface area contributed by atoms with E-state index in [0.29, 0.717) is 13.1 Å². The van der Waals surface area contributed by atoms with Crippen LogP contribution in [0, 0.1) is 13.8 Å². The fourth-order valence-corrected chi connectivity index (χ4v) is 1.53. The van der Waals surface area contributed by atoms with Crippen LogP contribution in [-0.2, 0) is 18.4 Å². The van der Waals surface area contributed by atoms with Crippen LogP contribution in [0.3, 0.4) is 0 Å². The maximum atomic E-state index is 11.2. The van der Waals surface area contributed by atoms with Gasteiger partial charge in [0.05, 0.1) is 6.54 Å². The van der Waals surface area contributed by atoms with E-state index in [1.807, 2.05) is 7.05 Å². The van der Waals surface area contributed by atoms with Gasteiger partial charge >= 0.3 is 0 Å². The minimum atomic E-state index is 0.0263. The number of amides is 1. The monoisotopic (exact) mass is 209 g/mol. The van der Waals surface area contributed by atoms with Gasteiger partial charge in [-0.1, -0.05) is 0 Å². The largest absolute Gasteiger partial charge is 0.352 e. The molecule has 0 fully saturated rings. The highest BCUT2D eigenvalue weighted by atomic mass is 16.1. The van der Waals surface area contributed by atoms with E-state index < -0.39 is 0 Å². The van der Waals surface area contributed by atoms with E-state index in [2.05, 4.69) is 35.1 Å². The number of aryl methyl sites for hydroxylation is 1. The highest BCUT2D eigenvalue weighted by molar-refractivity contribution is 5.77. The van der Waals surface area contributed by atoms with Gasteiger partial charge in [-0.15, -0.1) is 0 Å². The Hall–Kier alpha value is -1.29. The SMILES string of the molecule is CNCC(=O)NCc1cc(C)n(C)c1C. The second-order valence-corrected chi connectivity index (χ2v) is 3.76. The Morgan fingerprint density at radius 2 is 2.13 bits per heavy atom. The first-order valence-corrected chi connectivity index (χ1v) is 5.09. The number of nitrogens with one attached hydrogen (secondary N) is 2. The van der Waals surface area contributed by atoms with Crippen molar-refractivity contribution in [1.82, 2.24) is 15.2 Å². The van der Waals surface area contributed by atoms with Crippen LogP contribution in [0.15, 0.2) is 6.07 Å². The highest BCUT2D eigenvalue weighted by Crippen LogP contribution is 2.12. The van der Waals surface area contributed by atoms with Gasteiger partial charge in [0.2, 0.25) is 5.91 Å². The fraction of sp³-hybridized carbons (Fsp3) is 0.545. The van der Waals surface area contributed by atoms with Crippen LogP contribution in [0.2, 0.25) is 0 Å². The van der Waals surface area contributed by atoms with Crippen LogP contribution < -0.4 is 10.6 Å². The van der Waals surface area contributed by atoms with Gasteiger partial charge in [-0.3, -0.25) is 4.79 Å². The van der Waals surface area contributed by atoms with Crippen molar-refractivity contribution in [3.8, 4) is 0 Å². The third kappa shape index (κ3) is 2.83. The molecular formula is C11H19N3O. The number of aromatic nitrogens is 1. The Kier molecular flexibility index (Phi) is 3.91. The second kappa shape index (κ2) is 4.98. The lowest BCUT2D eigenvalue weighted by molar-refractivity contribution is -0.120. The molecule has 0 spiro atoms. The Morgan fingerprint density at radius 1 is 1.47 bits per heavy atom. The quantitative estimate of drug-likeness (QED) is 0.757. The zero-order chi connectivity index (χ0) is 11.4. The molecule has 1 amide bonds. The number of hydrogen-bond donors (Lipinski definition) is 2. The average molecular weight is 209 g/mol. The molecule has 15 heavy (non-hydrogen) atoms. The lowest BCUT2D eigenvalue weighted by atomic mass is 10.2. The van der Waals surface area contributed by atoms with Crippen molar-refractivity contribution in [3.63, 3.8) is 0 Å². The molecule has 0 aliphatic heterocycles. The van der Waals surface area contributed by atoms with Crippen molar-refractivity contribution < 1.29 is 4.79 Å². The molecule has 1 aromatic heterocycles. The van der Waals surface area contributed by atoms with Crippen molar-refractivity contribution in [1.29, 1.82) is 0 Å². The molecule has 4 nitrogen and oxygen atoms in total. The summed E-state index contributed by atoms with van der Waals surface area (Å²) in [6, 6.07) is 2.11. The maximum Gasteiger partial charge on any atom is 0.234 e. The summed E-state index contributed by atoms with van der Waals surface area (Å²) in [5.74, 6) is 0.0263. The Labute approximate surface area is 90.7 Å². The summed E-state index contributed by atoms with van der Waals surface area (Å²) in [6.07, 6.45) is 0. The lowest BCUT2D eigenvalue weighted by Gasteiger charge is -2.05. The molecule has 0 unspecified atom stereocenters. The van der Waals surface area contributed by atoms with Crippen molar-refractivity contribution in [2.75, 3.05) is 13.6 Å². The molecule has 0 aliphatic carbocycles. The molecule has 0 radical (unpaired) electrons. The van der Waals surface area contributed by atoms with Crippen LogP contribution in [0.5, 0.6) is 0 Å². The lowest BCUT2D eigenvalue weighted by Crippen LogP contribution is -2.31. The number of carbonyl (C=O) groups is 1. The predicted octanol–water partition coefficient (Wildman–Crippen LogP) is 0.478. The van der Waals surface area contributed by atoms with Gasteiger partial charge in [0.1, 0.15) is 0 Å². The van der Waals surface area contributed by atoms with Gasteiger partial charge in [0.15, 0.2) is 0 Å². The van der Waals surface area contributed by atoms with E-state index in [1.54, 1.807) is 7.05 Å². The first kappa shape index (κ1) is 11.8. The topological polar surface area (TPSA) is 46.1 Å². The summed E-state index contributed by atoms with van der Waals surface area (Å²) in [6.45, 7) is 5.09. The molecular weight excluding hydrogens is 190 g/mol. The predicted molar refractivity (Wildman–Crippen MR) is 60.7 cm³/mol. The molecule has 0 saturated carbocycles. The van der Waals surface area contributed by atoms with Crippen LogP contribution in [0.1, 0.15) is 17.0 Å². The number of nitrogens with zero attached hydrogens (tertiary/aromatic N) is 1. The molecule has 1 heterocycles. The molecule has 0 atom stereocenters. The third-order valence-electron chi connectivity index (χ3n) is 2.69. The van der Waals surface area contributed by atoms with Crippen LogP contribution in [0.4, 0.5) is 0 Å². The van der Waals surface area contributed by atoms with Gasteiger partial charge < -0.3 is 15.2 Å². The van der Waals surface area contributed by atoms with E-state index in [4.69, 9.17) is 0 Å². The standard InChI is InChI=1S/C11H19N3O/c1-8-5-10(9(2)14(8)4)6-13-11(15)7-12-3/h5,12H,6-7H2,1-4H3,(H,13,15). The van der Waals surface area contributed by atoms with Crippen molar-refractivity contribution in [2.24, 2.45) is 7.05 Å². The second-order valence-electron chi connectivity index (χ2n) is 3.76. The molecule has 1 rings (SSSR count). The van der Waals surface area contributed by atoms with Crippen molar-refractivity contribution in [2.45, 2.75) is 20.4 Å². The number of carbonyl (C=O) groups excluding carboxylic acids is 1. The van der Waals surface area contributed by atoms with E-state index >= 15 is 0 Å². The van der Waals surface area contributed by atoms with Gasteiger partial charge in [-0.2, -0.15) is 0 Å². The highest BCUT2D eigenvalue weighted by Gasteiger charge is 2.06. The Bertz CT molecular complexity index is 355. The Morgan fingerprint density at radius 3 is 2.60 bits per heavy atom. The normalized spacial score (nSPS) is 10.4. The maximum absolute atomic E-state index is 11.2.